The number of rotatable bonds is 5. The zero-order valence-corrected chi connectivity index (χ0v) is 11.9. The molecule has 2 rings (SSSR count). The highest BCUT2D eigenvalue weighted by molar-refractivity contribution is 5.18. The van der Waals surface area contributed by atoms with Gasteiger partial charge in [-0.05, 0) is 25.9 Å². The minimum absolute atomic E-state index is 0.0774. The van der Waals surface area contributed by atoms with Gasteiger partial charge in [0.2, 0.25) is 0 Å². The average molecular weight is 250 g/mol. The Kier molecular flexibility index (Phi) is 4.07. The van der Waals surface area contributed by atoms with Crippen LogP contribution in [0.3, 0.4) is 0 Å². The highest BCUT2D eigenvalue weighted by atomic mass is 15.3. The minimum Gasteiger partial charge on any atom is -0.322 e. The van der Waals surface area contributed by atoms with Crippen LogP contribution < -0.4 is 5.73 Å². The van der Waals surface area contributed by atoms with Crippen LogP contribution >= 0.6 is 0 Å². The summed E-state index contributed by atoms with van der Waals surface area (Å²) in [4.78, 5) is 2.55. The molecule has 0 spiro atoms. The molecule has 1 unspecified atom stereocenters. The van der Waals surface area contributed by atoms with E-state index >= 15 is 0 Å². The van der Waals surface area contributed by atoms with Crippen molar-refractivity contribution in [1.82, 2.24) is 14.7 Å². The molecular weight excluding hydrogens is 224 g/mol. The summed E-state index contributed by atoms with van der Waals surface area (Å²) in [5, 5.41) is 4.27. The lowest BCUT2D eigenvalue weighted by atomic mass is 9.83. The summed E-state index contributed by atoms with van der Waals surface area (Å²) in [5.41, 5.74) is 7.92. The quantitative estimate of drug-likeness (QED) is 0.870. The van der Waals surface area contributed by atoms with Gasteiger partial charge in [-0.2, -0.15) is 5.10 Å². The molecule has 0 aliphatic heterocycles. The molecule has 18 heavy (non-hydrogen) atoms. The Morgan fingerprint density at radius 3 is 2.44 bits per heavy atom. The molecular formula is C14H26N4. The Bertz CT molecular complexity index is 375. The number of hydrogen-bond donors (Lipinski definition) is 1. The Balaban J connectivity index is 2.29. The molecule has 1 fully saturated rings. The van der Waals surface area contributed by atoms with Gasteiger partial charge in [-0.1, -0.05) is 26.7 Å². The maximum Gasteiger partial charge on any atom is 0.0538 e. The largest absolute Gasteiger partial charge is 0.322 e. The van der Waals surface area contributed by atoms with Gasteiger partial charge in [0.05, 0.1) is 12.2 Å². The van der Waals surface area contributed by atoms with Crippen molar-refractivity contribution < 1.29 is 0 Å². The summed E-state index contributed by atoms with van der Waals surface area (Å²) in [6.07, 6.45) is 9.01. The van der Waals surface area contributed by atoms with Crippen LogP contribution in [-0.2, 0) is 7.05 Å². The van der Waals surface area contributed by atoms with Crippen molar-refractivity contribution >= 4 is 0 Å². The van der Waals surface area contributed by atoms with E-state index in [2.05, 4.69) is 30.0 Å². The standard InChI is InChI=1S/C14H26N4/c1-4-18(5-2)14(8-6-7-9-14)13(15)12-10-16-17(3)11-12/h10-11,13H,4-9,15H2,1-3H3. The molecule has 0 saturated heterocycles. The molecule has 4 nitrogen and oxygen atoms in total. The highest BCUT2D eigenvalue weighted by Crippen LogP contribution is 2.43. The van der Waals surface area contributed by atoms with Crippen LogP contribution in [-0.4, -0.2) is 33.3 Å². The van der Waals surface area contributed by atoms with Crippen molar-refractivity contribution in [1.29, 1.82) is 0 Å². The predicted molar refractivity (Wildman–Crippen MR) is 74.3 cm³/mol. The van der Waals surface area contributed by atoms with Crippen LogP contribution in [0.2, 0.25) is 0 Å². The SMILES string of the molecule is CCN(CC)C1(C(N)c2cnn(C)c2)CCCC1. The summed E-state index contributed by atoms with van der Waals surface area (Å²) >= 11 is 0. The Labute approximate surface area is 110 Å². The second kappa shape index (κ2) is 5.41. The fourth-order valence-electron chi connectivity index (χ4n) is 3.58. The zero-order chi connectivity index (χ0) is 13.2. The molecule has 2 N–H and O–H groups in total. The number of nitrogens with zero attached hydrogens (tertiary/aromatic N) is 3. The van der Waals surface area contributed by atoms with Crippen LogP contribution in [0.15, 0.2) is 12.4 Å². The maximum atomic E-state index is 6.61. The number of hydrogen-bond acceptors (Lipinski definition) is 3. The average Bonchev–Trinajstić information content (AvgIpc) is 3.00. The number of likely N-dealkylation sites (N-methyl/N-ethyl adjacent to an activating group) is 1. The van der Waals surface area contributed by atoms with E-state index in [0.29, 0.717) is 0 Å². The van der Waals surface area contributed by atoms with Crippen molar-refractivity contribution in [3.8, 4) is 0 Å². The van der Waals surface area contributed by atoms with Crippen LogP contribution in [0.4, 0.5) is 0 Å². The zero-order valence-electron chi connectivity index (χ0n) is 11.9. The monoisotopic (exact) mass is 250 g/mol. The summed E-state index contributed by atoms with van der Waals surface area (Å²) in [7, 11) is 1.95. The van der Waals surface area contributed by atoms with Crippen LogP contribution in [0, 0.1) is 0 Å². The van der Waals surface area contributed by atoms with Crippen LogP contribution in [0.5, 0.6) is 0 Å². The van der Waals surface area contributed by atoms with E-state index < -0.39 is 0 Å². The van der Waals surface area contributed by atoms with E-state index in [1.807, 2.05) is 17.9 Å². The van der Waals surface area contributed by atoms with Gasteiger partial charge >= 0.3 is 0 Å². The van der Waals surface area contributed by atoms with Gasteiger partial charge in [0.15, 0.2) is 0 Å². The number of aromatic nitrogens is 2. The first kappa shape index (κ1) is 13.6. The molecule has 1 aromatic heterocycles. The fourth-order valence-corrected chi connectivity index (χ4v) is 3.58. The molecule has 0 bridgehead atoms. The molecule has 1 atom stereocenters. The van der Waals surface area contributed by atoms with E-state index in [-0.39, 0.29) is 11.6 Å². The van der Waals surface area contributed by atoms with Gasteiger partial charge in [-0.25, -0.2) is 0 Å². The van der Waals surface area contributed by atoms with E-state index in [1.165, 1.54) is 31.2 Å². The molecule has 1 aliphatic carbocycles. The lowest BCUT2D eigenvalue weighted by Gasteiger charge is -2.44. The summed E-state index contributed by atoms with van der Waals surface area (Å²) in [6, 6.07) is 0.0774. The summed E-state index contributed by atoms with van der Waals surface area (Å²) < 4.78 is 1.85. The van der Waals surface area contributed by atoms with Gasteiger partial charge in [-0.15, -0.1) is 0 Å². The molecule has 1 saturated carbocycles. The highest BCUT2D eigenvalue weighted by Gasteiger charge is 2.44. The number of nitrogens with two attached hydrogens (primary N) is 1. The lowest BCUT2D eigenvalue weighted by Crippen LogP contribution is -2.53. The van der Waals surface area contributed by atoms with Crippen molar-refractivity contribution in [3.63, 3.8) is 0 Å². The molecule has 102 valence electrons. The first-order chi connectivity index (χ1) is 8.64. The van der Waals surface area contributed by atoms with Gasteiger partial charge < -0.3 is 5.73 Å². The Hall–Kier alpha value is -0.870. The first-order valence-corrected chi connectivity index (χ1v) is 7.13. The smallest absolute Gasteiger partial charge is 0.0538 e. The van der Waals surface area contributed by atoms with E-state index in [4.69, 9.17) is 5.73 Å². The van der Waals surface area contributed by atoms with E-state index in [0.717, 1.165) is 13.1 Å². The van der Waals surface area contributed by atoms with Gasteiger partial charge in [-0.3, -0.25) is 9.58 Å². The van der Waals surface area contributed by atoms with Crippen LogP contribution in [0.1, 0.15) is 51.1 Å². The van der Waals surface area contributed by atoms with Crippen molar-refractivity contribution in [2.45, 2.75) is 51.1 Å². The van der Waals surface area contributed by atoms with Crippen LogP contribution in [0.25, 0.3) is 0 Å². The fraction of sp³-hybridized carbons (Fsp3) is 0.786. The lowest BCUT2D eigenvalue weighted by molar-refractivity contribution is 0.0770. The Morgan fingerprint density at radius 1 is 1.39 bits per heavy atom. The normalized spacial score (nSPS) is 20.5. The molecule has 0 amide bonds. The molecule has 0 aromatic carbocycles. The van der Waals surface area contributed by atoms with Gasteiger partial charge in [0.1, 0.15) is 0 Å². The van der Waals surface area contributed by atoms with Gasteiger partial charge in [0.25, 0.3) is 0 Å². The van der Waals surface area contributed by atoms with Crippen molar-refractivity contribution in [2.75, 3.05) is 13.1 Å². The molecule has 0 radical (unpaired) electrons. The van der Waals surface area contributed by atoms with E-state index in [1.54, 1.807) is 0 Å². The topological polar surface area (TPSA) is 47.1 Å². The Morgan fingerprint density at radius 2 is 2.00 bits per heavy atom. The summed E-state index contributed by atoms with van der Waals surface area (Å²) in [6.45, 7) is 6.62. The third kappa shape index (κ3) is 2.19. The maximum absolute atomic E-state index is 6.61. The third-order valence-electron chi connectivity index (χ3n) is 4.53. The second-order valence-electron chi connectivity index (χ2n) is 5.41. The molecule has 4 heteroatoms. The minimum atomic E-state index is 0.0774. The molecule has 1 aliphatic rings. The predicted octanol–water partition coefficient (Wildman–Crippen LogP) is 2.07. The summed E-state index contributed by atoms with van der Waals surface area (Å²) in [5.74, 6) is 0. The van der Waals surface area contributed by atoms with E-state index in [9.17, 15) is 0 Å². The third-order valence-corrected chi connectivity index (χ3v) is 4.53. The molecule has 1 heterocycles. The molecule has 1 aromatic rings. The number of aryl methyl sites for hydroxylation is 1. The van der Waals surface area contributed by atoms with Crippen molar-refractivity contribution in [3.05, 3.63) is 18.0 Å². The second-order valence-corrected chi connectivity index (χ2v) is 5.41. The first-order valence-electron chi connectivity index (χ1n) is 7.13. The van der Waals surface area contributed by atoms with Crippen molar-refractivity contribution in [2.24, 2.45) is 12.8 Å². The van der Waals surface area contributed by atoms with Gasteiger partial charge in [0, 0.05) is 24.3 Å².